The Balaban J connectivity index is 1.80. The van der Waals surface area contributed by atoms with E-state index in [-0.39, 0.29) is 17.1 Å². The third-order valence-electron chi connectivity index (χ3n) is 4.23. The summed E-state index contributed by atoms with van der Waals surface area (Å²) in [6, 6.07) is 13.0. The fourth-order valence-electron chi connectivity index (χ4n) is 2.83. The second-order valence-corrected chi connectivity index (χ2v) is 6.10. The molecule has 2 heterocycles. The maximum atomic E-state index is 14.2. The molecule has 0 fully saturated rings. The summed E-state index contributed by atoms with van der Waals surface area (Å²) < 4.78 is 55.0. The highest BCUT2D eigenvalue weighted by atomic mass is 19.4. The molecule has 0 N–H and O–H groups in total. The monoisotopic (exact) mass is 400 g/mol. The Kier molecular flexibility index (Phi) is 4.50. The highest BCUT2D eigenvalue weighted by Crippen LogP contribution is 2.29. The summed E-state index contributed by atoms with van der Waals surface area (Å²) in [6.07, 6.45) is -1.70. The van der Waals surface area contributed by atoms with Crippen LogP contribution in [0.2, 0.25) is 0 Å². The van der Waals surface area contributed by atoms with Crippen molar-refractivity contribution in [2.75, 3.05) is 0 Å². The van der Waals surface area contributed by atoms with Gasteiger partial charge in [0.2, 0.25) is 5.43 Å². The lowest BCUT2D eigenvalue weighted by atomic mass is 10.2. The van der Waals surface area contributed by atoms with Crippen LogP contribution in [0.25, 0.3) is 22.8 Å². The largest absolute Gasteiger partial charge is 0.416 e. The zero-order valence-corrected chi connectivity index (χ0v) is 14.6. The highest BCUT2D eigenvalue weighted by molar-refractivity contribution is 5.57. The van der Waals surface area contributed by atoms with Crippen LogP contribution in [-0.2, 0) is 6.18 Å². The molecular formula is C20H12F4N4O. The molecule has 29 heavy (non-hydrogen) atoms. The van der Waals surface area contributed by atoms with Crippen molar-refractivity contribution < 1.29 is 17.6 Å². The van der Waals surface area contributed by atoms with E-state index in [1.165, 1.54) is 64.2 Å². The van der Waals surface area contributed by atoms with Gasteiger partial charge in [-0.3, -0.25) is 4.79 Å². The molecule has 0 saturated heterocycles. The molecule has 0 amide bonds. The lowest BCUT2D eigenvalue weighted by molar-refractivity contribution is -0.137. The van der Waals surface area contributed by atoms with E-state index in [4.69, 9.17) is 0 Å². The van der Waals surface area contributed by atoms with Crippen LogP contribution in [0.1, 0.15) is 5.56 Å². The van der Waals surface area contributed by atoms with Crippen LogP contribution >= 0.6 is 0 Å². The summed E-state index contributed by atoms with van der Waals surface area (Å²) in [7, 11) is 0. The zero-order chi connectivity index (χ0) is 20.6. The molecule has 0 radical (unpaired) electrons. The molecule has 4 rings (SSSR count). The van der Waals surface area contributed by atoms with Gasteiger partial charge in [0.05, 0.1) is 23.1 Å². The van der Waals surface area contributed by atoms with Crippen molar-refractivity contribution in [3.8, 4) is 22.8 Å². The van der Waals surface area contributed by atoms with Gasteiger partial charge < -0.3 is 0 Å². The van der Waals surface area contributed by atoms with Gasteiger partial charge in [-0.2, -0.15) is 23.4 Å². The number of benzene rings is 2. The van der Waals surface area contributed by atoms with Gasteiger partial charge in [0, 0.05) is 12.3 Å². The summed E-state index contributed by atoms with van der Waals surface area (Å²) in [6.45, 7) is 0. The Labute approximate surface area is 161 Å². The van der Waals surface area contributed by atoms with E-state index < -0.39 is 23.0 Å². The molecule has 0 bridgehead atoms. The maximum Gasteiger partial charge on any atom is 0.416 e. The average Bonchev–Trinajstić information content (AvgIpc) is 3.17. The Hall–Kier alpha value is -3.75. The third kappa shape index (κ3) is 3.54. The van der Waals surface area contributed by atoms with Crippen molar-refractivity contribution >= 4 is 0 Å². The minimum atomic E-state index is -4.45. The van der Waals surface area contributed by atoms with E-state index >= 15 is 0 Å². The van der Waals surface area contributed by atoms with Crippen LogP contribution in [0.4, 0.5) is 17.6 Å². The Bertz CT molecular complexity index is 1230. The van der Waals surface area contributed by atoms with Crippen molar-refractivity contribution in [3.63, 3.8) is 0 Å². The fraction of sp³-hybridized carbons (Fsp3) is 0.0500. The average molecular weight is 400 g/mol. The van der Waals surface area contributed by atoms with Gasteiger partial charge in [-0.05, 0) is 42.5 Å². The van der Waals surface area contributed by atoms with E-state index in [0.29, 0.717) is 5.69 Å². The molecule has 0 atom stereocenters. The molecule has 2 aromatic carbocycles. The fourth-order valence-corrected chi connectivity index (χ4v) is 2.83. The Morgan fingerprint density at radius 2 is 1.62 bits per heavy atom. The van der Waals surface area contributed by atoms with Crippen molar-refractivity contribution in [3.05, 3.63) is 94.7 Å². The van der Waals surface area contributed by atoms with Crippen LogP contribution < -0.4 is 5.43 Å². The van der Waals surface area contributed by atoms with Gasteiger partial charge in [-0.25, -0.2) is 13.8 Å². The highest BCUT2D eigenvalue weighted by Gasteiger charge is 2.30. The summed E-state index contributed by atoms with van der Waals surface area (Å²) in [4.78, 5) is 12.4. The number of hydrogen-bond donors (Lipinski definition) is 0. The summed E-state index contributed by atoms with van der Waals surface area (Å²) >= 11 is 0. The third-order valence-corrected chi connectivity index (χ3v) is 4.23. The molecule has 146 valence electrons. The first kappa shape index (κ1) is 18.6. The molecular weight excluding hydrogens is 388 g/mol. The van der Waals surface area contributed by atoms with Gasteiger partial charge >= 0.3 is 6.18 Å². The molecule has 0 spiro atoms. The zero-order valence-electron chi connectivity index (χ0n) is 14.6. The van der Waals surface area contributed by atoms with Crippen LogP contribution in [0.15, 0.2) is 77.9 Å². The first-order valence-corrected chi connectivity index (χ1v) is 8.41. The molecule has 5 nitrogen and oxygen atoms in total. The van der Waals surface area contributed by atoms with E-state index in [9.17, 15) is 22.4 Å². The smallest absolute Gasteiger partial charge is 0.287 e. The van der Waals surface area contributed by atoms with E-state index in [0.717, 1.165) is 12.1 Å². The molecule has 0 unspecified atom stereocenters. The predicted molar refractivity (Wildman–Crippen MR) is 97.4 cm³/mol. The number of nitrogens with zero attached hydrogens (tertiary/aromatic N) is 4. The van der Waals surface area contributed by atoms with Gasteiger partial charge in [0.25, 0.3) is 0 Å². The predicted octanol–water partition coefficient (Wildman–Crippen LogP) is 4.24. The van der Waals surface area contributed by atoms with Gasteiger partial charge in [0.15, 0.2) is 5.69 Å². The van der Waals surface area contributed by atoms with Gasteiger partial charge in [-0.1, -0.05) is 12.1 Å². The second-order valence-electron chi connectivity index (χ2n) is 6.10. The quantitative estimate of drug-likeness (QED) is 0.484. The number of rotatable bonds is 3. The summed E-state index contributed by atoms with van der Waals surface area (Å²) in [5.41, 5.74) is -0.532. The second kappa shape index (κ2) is 7.01. The van der Waals surface area contributed by atoms with E-state index in [2.05, 4.69) is 10.2 Å². The lowest BCUT2D eigenvalue weighted by Gasteiger charge is -2.11. The molecule has 0 aliphatic carbocycles. The van der Waals surface area contributed by atoms with Crippen LogP contribution in [0.3, 0.4) is 0 Å². The molecule has 0 saturated carbocycles. The minimum absolute atomic E-state index is 0.0202. The summed E-state index contributed by atoms with van der Waals surface area (Å²) in [5.74, 6) is -0.531. The molecule has 2 aromatic heterocycles. The Morgan fingerprint density at radius 1 is 0.897 bits per heavy atom. The maximum absolute atomic E-state index is 14.2. The van der Waals surface area contributed by atoms with Crippen molar-refractivity contribution in [2.24, 2.45) is 0 Å². The molecule has 0 aliphatic rings. The topological polar surface area (TPSA) is 52.7 Å². The van der Waals surface area contributed by atoms with Crippen LogP contribution in [-0.4, -0.2) is 19.6 Å². The van der Waals surface area contributed by atoms with Crippen LogP contribution in [0, 0.1) is 5.82 Å². The SMILES string of the molecule is O=c1ccn(-c2ccc(C(F)(F)F)cc2)nc1-c1ccnn1-c1ccccc1F. The van der Waals surface area contributed by atoms with Gasteiger partial charge in [-0.15, -0.1) is 0 Å². The molecule has 0 aliphatic heterocycles. The first-order chi connectivity index (χ1) is 13.8. The number of alkyl halides is 3. The summed E-state index contributed by atoms with van der Waals surface area (Å²) in [5, 5.41) is 8.30. The lowest BCUT2D eigenvalue weighted by Crippen LogP contribution is -2.15. The van der Waals surface area contributed by atoms with Crippen molar-refractivity contribution in [1.29, 1.82) is 0 Å². The van der Waals surface area contributed by atoms with Crippen molar-refractivity contribution in [2.45, 2.75) is 6.18 Å². The van der Waals surface area contributed by atoms with E-state index in [1.54, 1.807) is 6.07 Å². The number of aromatic nitrogens is 4. The minimum Gasteiger partial charge on any atom is -0.287 e. The van der Waals surface area contributed by atoms with Crippen molar-refractivity contribution in [1.82, 2.24) is 19.6 Å². The molecule has 9 heteroatoms. The number of halogens is 4. The standard InChI is InChI=1S/C20H12F4N4O/c21-15-3-1-2-4-16(15)28-17(9-11-25-28)19-18(29)10-12-27(26-19)14-7-5-13(6-8-14)20(22,23)24/h1-12H. The van der Waals surface area contributed by atoms with Gasteiger partial charge in [0.1, 0.15) is 11.5 Å². The Morgan fingerprint density at radius 3 is 2.31 bits per heavy atom. The van der Waals surface area contributed by atoms with E-state index in [1.807, 2.05) is 0 Å². The normalized spacial score (nSPS) is 11.6. The number of para-hydroxylation sites is 1. The molecule has 4 aromatic rings. The van der Waals surface area contributed by atoms with Crippen LogP contribution in [0.5, 0.6) is 0 Å². The number of hydrogen-bond acceptors (Lipinski definition) is 3. The first-order valence-electron chi connectivity index (χ1n) is 8.41.